The zero-order chi connectivity index (χ0) is 23.0. The van der Waals surface area contributed by atoms with E-state index in [4.69, 9.17) is 29.7 Å². The Balaban J connectivity index is 1.94. The van der Waals surface area contributed by atoms with Crippen molar-refractivity contribution in [1.29, 1.82) is 0 Å². The van der Waals surface area contributed by atoms with Crippen molar-refractivity contribution in [2.45, 2.75) is 44.3 Å². The molecule has 0 aliphatic carbocycles. The van der Waals surface area contributed by atoms with E-state index in [2.05, 4.69) is 15.0 Å². The van der Waals surface area contributed by atoms with Gasteiger partial charge in [-0.25, -0.2) is 23.4 Å². The van der Waals surface area contributed by atoms with Crippen molar-refractivity contribution < 1.29 is 37.0 Å². The number of rotatable bonds is 9. The van der Waals surface area contributed by atoms with Crippen molar-refractivity contribution in [3.05, 3.63) is 12.7 Å². The van der Waals surface area contributed by atoms with Gasteiger partial charge in [0.05, 0.1) is 30.9 Å². The van der Waals surface area contributed by atoms with E-state index in [-0.39, 0.29) is 24.9 Å². The van der Waals surface area contributed by atoms with Crippen LogP contribution in [0.1, 0.15) is 20.3 Å². The number of methoxy groups -OCH3 is 1. The SMILES string of the molecule is CO[C@]1(n2cnc3c(N)ncnc32)CO[C@H](CCS(=O)(=O)CP(=O)(O)O)[C@H]1OC(C)C. The van der Waals surface area contributed by atoms with Crippen LogP contribution in [0.3, 0.4) is 0 Å². The Hall–Kier alpha value is -1.67. The molecule has 31 heavy (non-hydrogen) atoms. The molecule has 1 saturated heterocycles. The average Bonchev–Trinajstić information content (AvgIpc) is 3.21. The molecule has 1 aliphatic rings. The fourth-order valence-corrected chi connectivity index (χ4v) is 6.79. The number of nitrogens with zero attached hydrogens (tertiary/aromatic N) is 4. The minimum absolute atomic E-state index is 0.000534. The van der Waals surface area contributed by atoms with Crippen LogP contribution in [0.4, 0.5) is 5.82 Å². The molecule has 0 bridgehead atoms. The molecule has 0 spiro atoms. The number of nitrogens with two attached hydrogens (primary N) is 1. The molecule has 3 rings (SSSR count). The van der Waals surface area contributed by atoms with Crippen molar-refractivity contribution in [2.75, 3.05) is 30.7 Å². The molecule has 13 nitrogen and oxygen atoms in total. The van der Waals surface area contributed by atoms with Crippen molar-refractivity contribution in [2.24, 2.45) is 0 Å². The lowest BCUT2D eigenvalue weighted by molar-refractivity contribution is -0.170. The predicted molar refractivity (Wildman–Crippen MR) is 110 cm³/mol. The first-order valence-corrected chi connectivity index (χ1v) is 13.0. The summed E-state index contributed by atoms with van der Waals surface area (Å²) in [4.78, 5) is 30.4. The van der Waals surface area contributed by atoms with Gasteiger partial charge in [0.1, 0.15) is 17.9 Å². The lowest BCUT2D eigenvalue weighted by atomic mass is 10.0. The number of fused-ring (bicyclic) bond motifs is 1. The second kappa shape index (κ2) is 8.70. The van der Waals surface area contributed by atoms with Crippen LogP contribution < -0.4 is 5.73 Å². The van der Waals surface area contributed by atoms with Gasteiger partial charge in [-0.05, 0) is 20.3 Å². The molecule has 1 aliphatic heterocycles. The second-order valence-electron chi connectivity index (χ2n) is 7.58. The van der Waals surface area contributed by atoms with E-state index in [0.29, 0.717) is 11.2 Å². The van der Waals surface area contributed by atoms with E-state index in [1.165, 1.54) is 19.8 Å². The summed E-state index contributed by atoms with van der Waals surface area (Å²) in [6.45, 7) is 3.62. The Labute approximate surface area is 179 Å². The molecule has 1 fully saturated rings. The second-order valence-corrected chi connectivity index (χ2v) is 11.8. The first-order valence-electron chi connectivity index (χ1n) is 9.40. The Morgan fingerprint density at radius 2 is 2.10 bits per heavy atom. The third kappa shape index (κ3) is 5.06. The van der Waals surface area contributed by atoms with Gasteiger partial charge in [0.2, 0.25) is 0 Å². The van der Waals surface area contributed by atoms with Crippen LogP contribution in [0.25, 0.3) is 11.2 Å². The lowest BCUT2D eigenvalue weighted by Gasteiger charge is -2.36. The van der Waals surface area contributed by atoms with Crippen molar-refractivity contribution in [1.82, 2.24) is 19.5 Å². The maximum Gasteiger partial charge on any atom is 0.340 e. The minimum atomic E-state index is -4.71. The van der Waals surface area contributed by atoms with Gasteiger partial charge in [-0.2, -0.15) is 0 Å². The Bertz CT molecular complexity index is 1090. The number of imidazole rings is 1. The van der Waals surface area contributed by atoms with Gasteiger partial charge >= 0.3 is 7.60 Å². The molecule has 174 valence electrons. The monoisotopic (exact) mass is 479 g/mol. The summed E-state index contributed by atoms with van der Waals surface area (Å²) in [5.74, 6) is -0.296. The number of hydrogen-bond donors (Lipinski definition) is 3. The fourth-order valence-electron chi connectivity index (χ4n) is 3.63. The molecule has 15 heteroatoms. The van der Waals surface area contributed by atoms with E-state index >= 15 is 0 Å². The first-order chi connectivity index (χ1) is 14.4. The molecule has 0 amide bonds. The third-order valence-electron chi connectivity index (χ3n) is 4.91. The van der Waals surface area contributed by atoms with Gasteiger partial charge in [0, 0.05) is 7.11 Å². The van der Waals surface area contributed by atoms with Crippen LogP contribution in [-0.4, -0.2) is 81.0 Å². The van der Waals surface area contributed by atoms with Crippen LogP contribution in [0, 0.1) is 0 Å². The molecular weight excluding hydrogens is 453 g/mol. The maximum atomic E-state index is 12.1. The maximum absolute atomic E-state index is 12.1. The molecule has 0 unspecified atom stereocenters. The van der Waals surface area contributed by atoms with Gasteiger partial charge in [-0.3, -0.25) is 9.13 Å². The van der Waals surface area contributed by atoms with E-state index < -0.39 is 46.6 Å². The highest BCUT2D eigenvalue weighted by Gasteiger charge is 2.54. The normalized spacial score (nSPS) is 25.0. The topological polar surface area (TPSA) is 189 Å². The number of ether oxygens (including phenoxy) is 3. The highest BCUT2D eigenvalue weighted by molar-refractivity contribution is 7.97. The number of hydrogen-bond acceptors (Lipinski definition) is 10. The third-order valence-corrected chi connectivity index (χ3v) is 8.68. The van der Waals surface area contributed by atoms with Crippen LogP contribution in [0.2, 0.25) is 0 Å². The van der Waals surface area contributed by atoms with Crippen molar-refractivity contribution in [3.63, 3.8) is 0 Å². The van der Waals surface area contributed by atoms with Gasteiger partial charge in [-0.15, -0.1) is 0 Å². The van der Waals surface area contributed by atoms with Crippen LogP contribution in [0.15, 0.2) is 12.7 Å². The number of aromatic nitrogens is 4. The highest BCUT2D eigenvalue weighted by Crippen LogP contribution is 2.40. The number of nitrogen functional groups attached to an aromatic ring is 1. The first kappa shape index (κ1) is 24.0. The molecule has 3 heterocycles. The highest BCUT2D eigenvalue weighted by atomic mass is 32.2. The standard InChI is InChI=1S/C16H26N5O8PS/c1-10(2)29-13-11(4-5-31(25,26)9-30(22,23)24)28-6-16(13,27-3)21-8-20-12-14(17)18-7-19-15(12)21/h7-8,10-11,13H,4-6,9H2,1-3H3,(H2,17,18,19)(H2,22,23,24)/t11-,13-,16-/m1/s1. The lowest BCUT2D eigenvalue weighted by Crippen LogP contribution is -2.50. The van der Waals surface area contributed by atoms with E-state index in [1.54, 1.807) is 4.57 Å². The summed E-state index contributed by atoms with van der Waals surface area (Å²) in [5.41, 5.74) is 4.20. The summed E-state index contributed by atoms with van der Waals surface area (Å²) in [7, 11) is -7.26. The van der Waals surface area contributed by atoms with Crippen LogP contribution in [-0.2, 0) is 34.3 Å². The predicted octanol–water partition coefficient (Wildman–Crippen LogP) is -0.160. The van der Waals surface area contributed by atoms with Crippen molar-refractivity contribution >= 4 is 34.4 Å². The molecule has 0 saturated carbocycles. The van der Waals surface area contributed by atoms with Crippen LogP contribution >= 0.6 is 7.60 Å². The summed E-state index contributed by atoms with van der Waals surface area (Å²) >= 11 is 0. The summed E-state index contributed by atoms with van der Waals surface area (Å²) in [5, 5.41) is 0. The molecule has 3 atom stereocenters. The van der Waals surface area contributed by atoms with Gasteiger partial charge in [-0.1, -0.05) is 0 Å². The number of sulfone groups is 1. The molecule has 2 aromatic heterocycles. The van der Waals surface area contributed by atoms with E-state index in [9.17, 15) is 13.0 Å². The van der Waals surface area contributed by atoms with Crippen molar-refractivity contribution in [3.8, 4) is 0 Å². The molecule has 4 N–H and O–H groups in total. The van der Waals surface area contributed by atoms with E-state index in [0.717, 1.165) is 0 Å². The largest absolute Gasteiger partial charge is 0.382 e. The Kier molecular flexibility index (Phi) is 6.73. The van der Waals surface area contributed by atoms with Gasteiger partial charge in [0.15, 0.2) is 32.5 Å². The summed E-state index contributed by atoms with van der Waals surface area (Å²) in [6, 6.07) is 0. The smallest absolute Gasteiger partial charge is 0.340 e. The van der Waals surface area contributed by atoms with E-state index in [1.807, 2.05) is 13.8 Å². The Morgan fingerprint density at radius 1 is 1.39 bits per heavy atom. The Morgan fingerprint density at radius 3 is 2.71 bits per heavy atom. The molecule has 0 radical (unpaired) electrons. The van der Waals surface area contributed by atoms with Gasteiger partial charge < -0.3 is 29.7 Å². The zero-order valence-electron chi connectivity index (χ0n) is 17.3. The molecular formula is C16H26N5O8PS. The summed E-state index contributed by atoms with van der Waals surface area (Å²) in [6.07, 6.45) is 0.965. The minimum Gasteiger partial charge on any atom is -0.382 e. The quantitative estimate of drug-likeness (QED) is 0.404. The zero-order valence-corrected chi connectivity index (χ0v) is 19.0. The number of anilines is 1. The van der Waals surface area contributed by atoms with Gasteiger partial charge in [0.25, 0.3) is 0 Å². The molecule has 2 aromatic rings. The fraction of sp³-hybridized carbons (Fsp3) is 0.688. The molecule has 0 aromatic carbocycles. The average molecular weight is 479 g/mol. The summed E-state index contributed by atoms with van der Waals surface area (Å²) < 4.78 is 54.8. The van der Waals surface area contributed by atoms with Crippen LogP contribution in [0.5, 0.6) is 0 Å².